The van der Waals surface area contributed by atoms with Crippen LogP contribution in [0, 0.1) is 17.5 Å². The summed E-state index contributed by atoms with van der Waals surface area (Å²) >= 11 is 2.83. The molecule has 0 radical (unpaired) electrons. The summed E-state index contributed by atoms with van der Waals surface area (Å²) in [6, 6.07) is 3.64. The number of hydrogen-bond acceptors (Lipinski definition) is 3. The average molecular weight is 360 g/mol. The number of halogens is 4. The first-order valence-electron chi connectivity index (χ1n) is 5.60. The zero-order valence-electron chi connectivity index (χ0n) is 10.4. The minimum absolute atomic E-state index is 0.0684. The standard InChI is InChI=1S/C13H9BrF3N3O/c14-6-2-8(16)12(4-7(6)15)20-11-1-5(13(19)21)10(18)3-9(11)17/h1-4,20H,18H2,(H2,19,21). The summed E-state index contributed by atoms with van der Waals surface area (Å²) in [5, 5.41) is 2.36. The molecule has 0 fully saturated rings. The number of amides is 1. The number of primary amides is 1. The fourth-order valence-electron chi connectivity index (χ4n) is 1.66. The molecule has 0 bridgehead atoms. The highest BCUT2D eigenvalue weighted by Crippen LogP contribution is 2.29. The summed E-state index contributed by atoms with van der Waals surface area (Å²) in [4.78, 5) is 11.2. The van der Waals surface area contributed by atoms with Gasteiger partial charge in [-0.1, -0.05) is 0 Å². The van der Waals surface area contributed by atoms with E-state index in [9.17, 15) is 18.0 Å². The highest BCUT2D eigenvalue weighted by atomic mass is 79.9. The molecule has 0 spiro atoms. The van der Waals surface area contributed by atoms with E-state index < -0.39 is 23.4 Å². The molecule has 0 unspecified atom stereocenters. The second-order valence-corrected chi connectivity index (χ2v) is 5.01. The first kappa shape index (κ1) is 15.2. The Morgan fingerprint density at radius 3 is 2.19 bits per heavy atom. The van der Waals surface area contributed by atoms with Crippen LogP contribution in [0.15, 0.2) is 28.7 Å². The van der Waals surface area contributed by atoms with Gasteiger partial charge in [0.1, 0.15) is 17.5 Å². The highest BCUT2D eigenvalue weighted by molar-refractivity contribution is 9.10. The summed E-state index contributed by atoms with van der Waals surface area (Å²) in [5.41, 5.74) is 9.72. The molecule has 21 heavy (non-hydrogen) atoms. The number of rotatable bonds is 3. The molecule has 2 rings (SSSR count). The quantitative estimate of drug-likeness (QED) is 0.580. The maximum absolute atomic E-state index is 13.8. The van der Waals surface area contributed by atoms with E-state index in [0.717, 1.165) is 24.3 Å². The molecule has 0 saturated heterocycles. The van der Waals surface area contributed by atoms with Gasteiger partial charge in [0.15, 0.2) is 0 Å². The van der Waals surface area contributed by atoms with Crippen molar-refractivity contribution in [3.05, 3.63) is 51.8 Å². The molecule has 0 heterocycles. The SMILES string of the molecule is NC(=O)c1cc(Nc2cc(F)c(Br)cc2F)c(F)cc1N. The number of nitrogens with two attached hydrogens (primary N) is 2. The Kier molecular flexibility index (Phi) is 4.08. The van der Waals surface area contributed by atoms with E-state index in [4.69, 9.17) is 11.5 Å². The van der Waals surface area contributed by atoms with Gasteiger partial charge in [-0.2, -0.15) is 0 Å². The van der Waals surface area contributed by atoms with Gasteiger partial charge in [-0.25, -0.2) is 13.2 Å². The van der Waals surface area contributed by atoms with Gasteiger partial charge in [0.25, 0.3) is 5.91 Å². The first-order valence-corrected chi connectivity index (χ1v) is 6.39. The van der Waals surface area contributed by atoms with Crippen LogP contribution in [0.25, 0.3) is 0 Å². The Bertz CT molecular complexity index is 737. The summed E-state index contributed by atoms with van der Waals surface area (Å²) in [6.45, 7) is 0. The van der Waals surface area contributed by atoms with E-state index in [1.807, 2.05) is 0 Å². The third-order valence-electron chi connectivity index (χ3n) is 2.68. The summed E-state index contributed by atoms with van der Waals surface area (Å²) in [5.74, 6) is -3.23. The summed E-state index contributed by atoms with van der Waals surface area (Å²) in [7, 11) is 0. The minimum Gasteiger partial charge on any atom is -0.398 e. The van der Waals surface area contributed by atoms with Gasteiger partial charge in [0.2, 0.25) is 0 Å². The van der Waals surface area contributed by atoms with Gasteiger partial charge in [0.05, 0.1) is 21.4 Å². The topological polar surface area (TPSA) is 81.1 Å². The number of carbonyl (C=O) groups is 1. The van der Waals surface area contributed by atoms with E-state index in [1.54, 1.807) is 0 Å². The molecule has 0 saturated carbocycles. The lowest BCUT2D eigenvalue weighted by atomic mass is 10.1. The number of nitrogen functional groups attached to an aromatic ring is 1. The Balaban J connectivity index is 2.47. The maximum atomic E-state index is 13.8. The third-order valence-corrected chi connectivity index (χ3v) is 3.29. The van der Waals surface area contributed by atoms with Gasteiger partial charge >= 0.3 is 0 Å². The number of hydrogen-bond donors (Lipinski definition) is 3. The van der Waals surface area contributed by atoms with Gasteiger partial charge in [-0.15, -0.1) is 0 Å². The van der Waals surface area contributed by atoms with Crippen molar-refractivity contribution in [1.29, 1.82) is 0 Å². The monoisotopic (exact) mass is 359 g/mol. The van der Waals surface area contributed by atoms with Crippen LogP contribution in [0.1, 0.15) is 10.4 Å². The molecular weight excluding hydrogens is 351 g/mol. The van der Waals surface area contributed by atoms with Crippen LogP contribution in [-0.4, -0.2) is 5.91 Å². The molecule has 2 aromatic rings. The Morgan fingerprint density at radius 2 is 1.57 bits per heavy atom. The normalized spacial score (nSPS) is 10.5. The fourth-order valence-corrected chi connectivity index (χ4v) is 1.98. The molecule has 0 atom stereocenters. The van der Waals surface area contributed by atoms with Crippen molar-refractivity contribution in [3.8, 4) is 0 Å². The summed E-state index contributed by atoms with van der Waals surface area (Å²) in [6.07, 6.45) is 0. The second-order valence-electron chi connectivity index (χ2n) is 4.15. The van der Waals surface area contributed by atoms with Crippen molar-refractivity contribution in [2.45, 2.75) is 0 Å². The van der Waals surface area contributed by atoms with Crippen LogP contribution in [-0.2, 0) is 0 Å². The lowest BCUT2D eigenvalue weighted by Gasteiger charge is -2.12. The Labute approximate surface area is 126 Å². The van der Waals surface area contributed by atoms with Gasteiger partial charge < -0.3 is 16.8 Å². The van der Waals surface area contributed by atoms with Crippen molar-refractivity contribution in [3.63, 3.8) is 0 Å². The predicted molar refractivity (Wildman–Crippen MR) is 76.7 cm³/mol. The lowest BCUT2D eigenvalue weighted by molar-refractivity contribution is 0.100. The molecular formula is C13H9BrF3N3O. The van der Waals surface area contributed by atoms with E-state index >= 15 is 0 Å². The van der Waals surface area contributed by atoms with Crippen molar-refractivity contribution in [2.24, 2.45) is 5.73 Å². The average Bonchev–Trinajstić information content (AvgIpc) is 2.38. The largest absolute Gasteiger partial charge is 0.398 e. The van der Waals surface area contributed by atoms with Crippen LogP contribution in [0.5, 0.6) is 0 Å². The molecule has 0 aliphatic rings. The Morgan fingerprint density at radius 1 is 1.00 bits per heavy atom. The maximum Gasteiger partial charge on any atom is 0.250 e. The molecule has 1 amide bonds. The lowest BCUT2D eigenvalue weighted by Crippen LogP contribution is -2.14. The Hall–Kier alpha value is -2.22. The molecule has 2 aromatic carbocycles. The predicted octanol–water partition coefficient (Wildman–Crippen LogP) is 3.29. The van der Waals surface area contributed by atoms with Crippen LogP contribution >= 0.6 is 15.9 Å². The highest BCUT2D eigenvalue weighted by Gasteiger charge is 2.14. The second kappa shape index (κ2) is 5.65. The molecule has 0 aliphatic heterocycles. The molecule has 110 valence electrons. The van der Waals surface area contributed by atoms with Crippen molar-refractivity contribution in [1.82, 2.24) is 0 Å². The fraction of sp³-hybridized carbons (Fsp3) is 0. The smallest absolute Gasteiger partial charge is 0.250 e. The molecule has 0 aromatic heterocycles. The van der Waals surface area contributed by atoms with E-state index in [-0.39, 0.29) is 27.1 Å². The van der Waals surface area contributed by atoms with Gasteiger partial charge in [-0.3, -0.25) is 4.79 Å². The molecule has 0 aliphatic carbocycles. The van der Waals surface area contributed by atoms with Crippen LogP contribution in [0.2, 0.25) is 0 Å². The van der Waals surface area contributed by atoms with Crippen LogP contribution in [0.4, 0.5) is 30.2 Å². The number of anilines is 3. The number of carbonyl (C=O) groups excluding carboxylic acids is 1. The number of benzene rings is 2. The zero-order chi connectivity index (χ0) is 15.7. The molecule has 8 heteroatoms. The minimum atomic E-state index is -0.863. The van der Waals surface area contributed by atoms with Crippen molar-refractivity contribution in [2.75, 3.05) is 11.1 Å². The van der Waals surface area contributed by atoms with Crippen LogP contribution in [0.3, 0.4) is 0 Å². The molecule has 5 N–H and O–H groups in total. The van der Waals surface area contributed by atoms with Gasteiger partial charge in [0, 0.05) is 11.8 Å². The van der Waals surface area contributed by atoms with Gasteiger partial charge in [-0.05, 0) is 34.1 Å². The van der Waals surface area contributed by atoms with Crippen molar-refractivity contribution >= 4 is 38.9 Å². The number of nitrogens with one attached hydrogen (secondary N) is 1. The van der Waals surface area contributed by atoms with E-state index in [1.165, 1.54) is 0 Å². The summed E-state index contributed by atoms with van der Waals surface area (Å²) < 4.78 is 40.8. The first-order chi connectivity index (χ1) is 9.79. The molecule has 4 nitrogen and oxygen atoms in total. The third kappa shape index (κ3) is 3.10. The zero-order valence-corrected chi connectivity index (χ0v) is 12.0. The van der Waals surface area contributed by atoms with Crippen molar-refractivity contribution < 1.29 is 18.0 Å². The van der Waals surface area contributed by atoms with Crippen LogP contribution < -0.4 is 16.8 Å². The van der Waals surface area contributed by atoms with E-state index in [2.05, 4.69) is 21.2 Å². The van der Waals surface area contributed by atoms with E-state index in [0.29, 0.717) is 0 Å².